The highest BCUT2D eigenvalue weighted by Crippen LogP contribution is 2.15. The van der Waals surface area contributed by atoms with Crippen LogP contribution in [0.5, 0.6) is 0 Å². The number of nitrogens with one attached hydrogen (secondary N) is 2. The predicted molar refractivity (Wildman–Crippen MR) is 114 cm³/mol. The second-order valence-corrected chi connectivity index (χ2v) is 6.25. The summed E-state index contributed by atoms with van der Waals surface area (Å²) in [4.78, 5) is 4.13. The van der Waals surface area contributed by atoms with Crippen LogP contribution in [0.15, 0.2) is 58.0 Å². The summed E-state index contributed by atoms with van der Waals surface area (Å²) in [6.45, 7) is 0.884. The number of guanidine groups is 1. The molecule has 0 aliphatic rings. The van der Waals surface area contributed by atoms with Crippen LogP contribution >= 0.6 is 39.9 Å². The molecule has 4 nitrogen and oxygen atoms in total. The Morgan fingerprint density at radius 1 is 1.20 bits per heavy atom. The van der Waals surface area contributed by atoms with Gasteiger partial charge in [-0.25, -0.2) is 4.39 Å². The molecule has 25 heavy (non-hydrogen) atoms. The zero-order valence-corrected chi connectivity index (χ0v) is 17.8. The summed E-state index contributed by atoms with van der Waals surface area (Å²) in [5.74, 6) is 0.259. The highest BCUT2D eigenvalue weighted by atomic mass is 127. The van der Waals surface area contributed by atoms with Gasteiger partial charge in [-0.2, -0.15) is 0 Å². The number of hydrogen-bond acceptors (Lipinski definition) is 2. The fourth-order valence-corrected chi connectivity index (χ4v) is 2.72. The van der Waals surface area contributed by atoms with E-state index >= 15 is 0 Å². The summed E-state index contributed by atoms with van der Waals surface area (Å²) < 4.78 is 14.6. The zero-order chi connectivity index (χ0) is 17.4. The van der Waals surface area contributed by atoms with E-state index in [0.29, 0.717) is 24.6 Å². The predicted octanol–water partition coefficient (Wildman–Crippen LogP) is 3.65. The van der Waals surface area contributed by atoms with Gasteiger partial charge in [0, 0.05) is 36.1 Å². The molecule has 1 unspecified atom stereocenters. The minimum atomic E-state index is -0.265. The van der Waals surface area contributed by atoms with Crippen LogP contribution in [0.3, 0.4) is 0 Å². The Morgan fingerprint density at radius 3 is 2.56 bits per heavy atom. The lowest BCUT2D eigenvalue weighted by Gasteiger charge is -2.18. The van der Waals surface area contributed by atoms with Crippen molar-refractivity contribution in [1.29, 1.82) is 0 Å². The van der Waals surface area contributed by atoms with Gasteiger partial charge in [-0.3, -0.25) is 4.99 Å². The Balaban J connectivity index is 0.00000312. The third-order valence-electron chi connectivity index (χ3n) is 3.68. The molecular formula is C18H22BrFIN3O. The number of aliphatic hydroxyl groups is 1. The van der Waals surface area contributed by atoms with Crippen molar-refractivity contribution in [1.82, 2.24) is 10.6 Å². The first-order chi connectivity index (χ1) is 11.6. The van der Waals surface area contributed by atoms with Crippen molar-refractivity contribution in [3.63, 3.8) is 0 Å². The zero-order valence-electron chi connectivity index (χ0n) is 13.9. The maximum Gasteiger partial charge on any atom is 0.191 e. The first-order valence-electron chi connectivity index (χ1n) is 7.68. The van der Waals surface area contributed by atoms with E-state index < -0.39 is 0 Å². The number of halogens is 3. The summed E-state index contributed by atoms with van der Waals surface area (Å²) in [6.07, 6.45) is 0. The van der Waals surface area contributed by atoms with Gasteiger partial charge in [-0.1, -0.05) is 46.3 Å². The second kappa shape index (κ2) is 11.4. The van der Waals surface area contributed by atoms with E-state index in [1.807, 2.05) is 30.3 Å². The lowest BCUT2D eigenvalue weighted by atomic mass is 10.0. The molecule has 2 aromatic rings. The van der Waals surface area contributed by atoms with E-state index in [1.54, 1.807) is 19.2 Å². The molecule has 0 radical (unpaired) electrons. The molecule has 136 valence electrons. The van der Waals surface area contributed by atoms with E-state index in [4.69, 9.17) is 0 Å². The van der Waals surface area contributed by atoms with Gasteiger partial charge in [0.2, 0.25) is 0 Å². The van der Waals surface area contributed by atoms with Gasteiger partial charge in [0.05, 0.1) is 6.61 Å². The molecule has 0 saturated heterocycles. The molecule has 0 amide bonds. The molecule has 0 fully saturated rings. The minimum Gasteiger partial charge on any atom is -0.396 e. The Hall–Kier alpha value is -1.19. The molecular weight excluding hydrogens is 500 g/mol. The van der Waals surface area contributed by atoms with Gasteiger partial charge in [-0.05, 0) is 23.8 Å². The Labute approximate surface area is 173 Å². The van der Waals surface area contributed by atoms with Crippen LogP contribution in [0.25, 0.3) is 0 Å². The van der Waals surface area contributed by atoms with Crippen molar-refractivity contribution >= 4 is 45.9 Å². The normalized spacial score (nSPS) is 12.2. The molecule has 0 aliphatic heterocycles. The van der Waals surface area contributed by atoms with Crippen molar-refractivity contribution in [3.05, 3.63) is 69.9 Å². The second-order valence-electron chi connectivity index (χ2n) is 5.33. The molecule has 0 saturated carbocycles. The summed E-state index contributed by atoms with van der Waals surface area (Å²) in [6, 6.07) is 14.6. The number of aliphatic hydroxyl groups excluding tert-OH is 1. The molecule has 2 aromatic carbocycles. The van der Waals surface area contributed by atoms with Crippen LogP contribution in [0.2, 0.25) is 0 Å². The van der Waals surface area contributed by atoms with E-state index in [2.05, 4.69) is 31.6 Å². The molecule has 0 spiro atoms. The SMILES string of the molecule is CN=C(NCc1cc(Br)ccc1F)NCC(CO)c1ccccc1.I. The quantitative estimate of drug-likeness (QED) is 0.309. The van der Waals surface area contributed by atoms with Crippen LogP contribution < -0.4 is 10.6 Å². The lowest BCUT2D eigenvalue weighted by Crippen LogP contribution is -2.39. The molecule has 1 atom stereocenters. The van der Waals surface area contributed by atoms with Gasteiger partial charge >= 0.3 is 0 Å². The number of benzene rings is 2. The van der Waals surface area contributed by atoms with Gasteiger partial charge in [-0.15, -0.1) is 24.0 Å². The van der Waals surface area contributed by atoms with Crippen molar-refractivity contribution in [2.45, 2.75) is 12.5 Å². The van der Waals surface area contributed by atoms with Crippen molar-refractivity contribution < 1.29 is 9.50 Å². The van der Waals surface area contributed by atoms with Gasteiger partial charge in [0.15, 0.2) is 5.96 Å². The maximum absolute atomic E-state index is 13.8. The average Bonchev–Trinajstić information content (AvgIpc) is 2.61. The highest BCUT2D eigenvalue weighted by Gasteiger charge is 2.11. The molecule has 0 aromatic heterocycles. The fourth-order valence-electron chi connectivity index (χ4n) is 2.31. The summed E-state index contributed by atoms with van der Waals surface area (Å²) in [5.41, 5.74) is 1.61. The van der Waals surface area contributed by atoms with Crippen LogP contribution in [-0.4, -0.2) is 31.3 Å². The first kappa shape index (κ1) is 21.9. The summed E-state index contributed by atoms with van der Waals surface area (Å²) >= 11 is 3.34. The van der Waals surface area contributed by atoms with Crippen LogP contribution in [0, 0.1) is 5.82 Å². The van der Waals surface area contributed by atoms with Crippen molar-refractivity contribution in [2.75, 3.05) is 20.2 Å². The Kier molecular flexibility index (Phi) is 9.99. The third-order valence-corrected chi connectivity index (χ3v) is 4.18. The largest absolute Gasteiger partial charge is 0.396 e. The third kappa shape index (κ3) is 6.91. The monoisotopic (exact) mass is 521 g/mol. The highest BCUT2D eigenvalue weighted by molar-refractivity contribution is 14.0. The number of aliphatic imine (C=N–C) groups is 1. The van der Waals surface area contributed by atoms with Crippen LogP contribution in [0.4, 0.5) is 4.39 Å². The lowest BCUT2D eigenvalue weighted by molar-refractivity contribution is 0.265. The number of nitrogens with zero attached hydrogens (tertiary/aromatic N) is 1. The van der Waals surface area contributed by atoms with E-state index in [0.717, 1.165) is 10.0 Å². The van der Waals surface area contributed by atoms with Gasteiger partial charge in [0.25, 0.3) is 0 Å². The minimum absolute atomic E-state index is 0. The Bertz CT molecular complexity index is 685. The van der Waals surface area contributed by atoms with E-state index in [1.165, 1.54) is 6.07 Å². The van der Waals surface area contributed by atoms with Gasteiger partial charge in [0.1, 0.15) is 5.82 Å². The molecule has 3 N–H and O–H groups in total. The van der Waals surface area contributed by atoms with Crippen LogP contribution in [0.1, 0.15) is 17.0 Å². The average molecular weight is 522 g/mol. The fraction of sp³-hybridized carbons (Fsp3) is 0.278. The Morgan fingerprint density at radius 2 is 1.92 bits per heavy atom. The molecule has 7 heteroatoms. The number of hydrogen-bond donors (Lipinski definition) is 3. The van der Waals surface area contributed by atoms with E-state index in [9.17, 15) is 9.50 Å². The summed E-state index contributed by atoms with van der Waals surface area (Å²) in [7, 11) is 1.66. The standard InChI is InChI=1S/C18H21BrFN3O.HI/c1-21-18(22-10-14-9-16(19)7-8-17(14)20)23-11-15(12-24)13-5-3-2-4-6-13;/h2-9,15,24H,10-12H2,1H3,(H2,21,22,23);1H. The topological polar surface area (TPSA) is 56.7 Å². The smallest absolute Gasteiger partial charge is 0.191 e. The van der Waals surface area contributed by atoms with Crippen molar-refractivity contribution in [3.8, 4) is 0 Å². The summed E-state index contributed by atoms with van der Waals surface area (Å²) in [5, 5.41) is 15.8. The number of rotatable bonds is 6. The van der Waals surface area contributed by atoms with E-state index in [-0.39, 0.29) is 42.3 Å². The molecule has 2 rings (SSSR count). The van der Waals surface area contributed by atoms with Crippen LogP contribution in [-0.2, 0) is 6.54 Å². The maximum atomic E-state index is 13.8. The first-order valence-corrected chi connectivity index (χ1v) is 8.47. The molecule has 0 heterocycles. The van der Waals surface area contributed by atoms with Gasteiger partial charge < -0.3 is 15.7 Å². The molecule has 0 bridgehead atoms. The van der Waals surface area contributed by atoms with Crippen molar-refractivity contribution in [2.24, 2.45) is 4.99 Å². The molecule has 0 aliphatic carbocycles.